The van der Waals surface area contributed by atoms with Gasteiger partial charge in [-0.25, -0.2) is 13.4 Å². The van der Waals surface area contributed by atoms with Crippen molar-refractivity contribution >= 4 is 31.9 Å². The summed E-state index contributed by atoms with van der Waals surface area (Å²) < 4.78 is 31.2. The van der Waals surface area contributed by atoms with Gasteiger partial charge >= 0.3 is 0 Å². The smallest absolute Gasteiger partial charge is 0.211 e. The molecule has 0 aliphatic carbocycles. The minimum atomic E-state index is -4.27. The number of hydrogen-bond acceptors (Lipinski definition) is 3. The zero-order valence-corrected chi connectivity index (χ0v) is 14.5. The van der Waals surface area contributed by atoms with Crippen LogP contribution in [0.25, 0.3) is 21.8 Å². The topological polar surface area (TPSA) is 71.3 Å². The molecule has 0 aliphatic rings. The van der Waals surface area contributed by atoms with Crippen molar-refractivity contribution in [2.75, 3.05) is 0 Å². The van der Waals surface area contributed by atoms with Crippen LogP contribution in [0, 0.1) is 6.92 Å². The van der Waals surface area contributed by atoms with Gasteiger partial charge in [-0.3, -0.25) is 0 Å². The summed E-state index contributed by atoms with van der Waals surface area (Å²) in [6.45, 7) is 1.82. The molecule has 0 atom stereocenters. The van der Waals surface area contributed by atoms with Gasteiger partial charge in [0, 0.05) is 22.9 Å². The summed E-state index contributed by atoms with van der Waals surface area (Å²) in [6.07, 6.45) is 0. The number of rotatable bonds is 1. The van der Waals surface area contributed by atoms with Crippen molar-refractivity contribution < 1.29 is 18.0 Å². The molecule has 1 N–H and O–H groups in total. The number of fused-ring (bicyclic) bond motifs is 2. The molecule has 0 radical (unpaired) electrons. The molecular formula is C20H17NO3S. The number of H-pyrrole nitrogens is 1. The van der Waals surface area contributed by atoms with Gasteiger partial charge in [-0.1, -0.05) is 42.0 Å². The van der Waals surface area contributed by atoms with Crippen LogP contribution in [-0.4, -0.2) is 13.0 Å². The number of aromatic nitrogens is 1. The van der Waals surface area contributed by atoms with E-state index in [-0.39, 0.29) is 4.90 Å². The molecular weight excluding hydrogens is 334 g/mol. The average molecular weight is 351 g/mol. The lowest BCUT2D eigenvalue weighted by Gasteiger charge is -2.05. The summed E-state index contributed by atoms with van der Waals surface area (Å²) in [4.78, 5) is 3.23. The highest BCUT2D eigenvalue weighted by Crippen LogP contribution is 2.15. The second-order valence-electron chi connectivity index (χ2n) is 5.71. The quantitative estimate of drug-likeness (QED) is 0.388. The number of para-hydroxylation sites is 2. The molecule has 25 heavy (non-hydrogen) atoms. The van der Waals surface area contributed by atoms with Crippen molar-refractivity contribution in [2.45, 2.75) is 11.8 Å². The molecule has 0 aliphatic heterocycles. The molecule has 0 fully saturated rings. The van der Waals surface area contributed by atoms with E-state index in [1.807, 2.05) is 19.1 Å². The van der Waals surface area contributed by atoms with Crippen molar-refractivity contribution in [3.63, 3.8) is 0 Å². The second kappa shape index (κ2) is 7.01. The second-order valence-corrected chi connectivity index (χ2v) is 7.09. The summed E-state index contributed by atoms with van der Waals surface area (Å²) in [6, 6.07) is 24.7. The van der Waals surface area contributed by atoms with Gasteiger partial charge in [0.05, 0.1) is 4.90 Å². The largest absolute Gasteiger partial charge is 0.744 e. The van der Waals surface area contributed by atoms with Crippen molar-refractivity contribution in [3.05, 3.63) is 84.4 Å². The van der Waals surface area contributed by atoms with E-state index < -0.39 is 10.1 Å². The first kappa shape index (κ1) is 17.1. The minimum Gasteiger partial charge on any atom is -0.744 e. The molecule has 0 amide bonds. The zero-order valence-electron chi connectivity index (χ0n) is 13.6. The average Bonchev–Trinajstić information content (AvgIpc) is 2.60. The molecule has 126 valence electrons. The van der Waals surface area contributed by atoms with E-state index in [9.17, 15) is 13.0 Å². The van der Waals surface area contributed by atoms with Gasteiger partial charge in [0.15, 0.2) is 0 Å². The van der Waals surface area contributed by atoms with E-state index in [0.29, 0.717) is 0 Å². The van der Waals surface area contributed by atoms with Crippen LogP contribution in [0.1, 0.15) is 5.56 Å². The van der Waals surface area contributed by atoms with E-state index >= 15 is 0 Å². The Bertz CT molecular complexity index is 1020. The summed E-state index contributed by atoms with van der Waals surface area (Å²) in [5.41, 5.74) is 3.30. The van der Waals surface area contributed by atoms with E-state index in [4.69, 9.17) is 0 Å². The van der Waals surface area contributed by atoms with Crippen molar-refractivity contribution in [1.29, 1.82) is 0 Å². The maximum Gasteiger partial charge on any atom is 0.211 e. The summed E-state index contributed by atoms with van der Waals surface area (Å²) in [7, 11) is -4.27. The van der Waals surface area contributed by atoms with Crippen LogP contribution in [0.4, 0.5) is 0 Å². The van der Waals surface area contributed by atoms with E-state index in [0.717, 1.165) is 5.56 Å². The van der Waals surface area contributed by atoms with Gasteiger partial charge < -0.3 is 4.55 Å². The molecule has 1 heterocycles. The molecule has 5 heteroatoms. The van der Waals surface area contributed by atoms with Gasteiger partial charge in [-0.15, -0.1) is 0 Å². The maximum absolute atomic E-state index is 10.4. The highest BCUT2D eigenvalue weighted by atomic mass is 32.2. The summed E-state index contributed by atoms with van der Waals surface area (Å²) >= 11 is 0. The van der Waals surface area contributed by atoms with Crippen molar-refractivity contribution in [1.82, 2.24) is 0 Å². The Morgan fingerprint density at radius 3 is 1.72 bits per heavy atom. The predicted molar refractivity (Wildman–Crippen MR) is 97.2 cm³/mol. The van der Waals surface area contributed by atoms with Gasteiger partial charge in [-0.05, 0) is 37.3 Å². The zero-order chi connectivity index (χ0) is 17.9. The lowest BCUT2D eigenvalue weighted by molar-refractivity contribution is -0.310. The van der Waals surface area contributed by atoms with Crippen LogP contribution in [0.5, 0.6) is 0 Å². The minimum absolute atomic E-state index is 0.178. The predicted octanol–water partition coefficient (Wildman–Crippen LogP) is 3.71. The Balaban J connectivity index is 0.000000151. The van der Waals surface area contributed by atoms with Crippen molar-refractivity contribution in [3.8, 4) is 0 Å². The highest BCUT2D eigenvalue weighted by molar-refractivity contribution is 7.85. The molecule has 0 saturated carbocycles. The fourth-order valence-corrected chi connectivity index (χ4v) is 2.96. The van der Waals surface area contributed by atoms with Gasteiger partial charge in [0.25, 0.3) is 0 Å². The first-order valence-electron chi connectivity index (χ1n) is 7.76. The first-order valence-corrected chi connectivity index (χ1v) is 9.17. The molecule has 3 aromatic carbocycles. The lowest BCUT2D eigenvalue weighted by atomic mass is 10.1. The standard InChI is InChI=1S/C13H9N.C7H8O3S/c1-3-7-12-10(5-1)9-11-6-2-4-8-13(11)14-12;1-6-2-4-7(5-3-6)11(8,9)10/h1-9H;2-5H,1H3,(H,8,9,10). The lowest BCUT2D eigenvalue weighted by Crippen LogP contribution is -2.04. The monoisotopic (exact) mass is 351 g/mol. The van der Waals surface area contributed by atoms with Crippen LogP contribution >= 0.6 is 0 Å². The van der Waals surface area contributed by atoms with Gasteiger partial charge in [0.1, 0.15) is 10.1 Å². The maximum atomic E-state index is 10.4. The van der Waals surface area contributed by atoms with Crippen molar-refractivity contribution in [2.24, 2.45) is 0 Å². The van der Waals surface area contributed by atoms with Gasteiger partial charge in [0.2, 0.25) is 11.0 Å². The number of benzene rings is 3. The first-order chi connectivity index (χ1) is 11.9. The Morgan fingerprint density at radius 1 is 0.760 bits per heavy atom. The van der Waals surface area contributed by atoms with Gasteiger partial charge in [-0.2, -0.15) is 0 Å². The number of aryl methyl sites for hydroxylation is 1. The Labute approximate surface area is 146 Å². The van der Waals surface area contributed by atoms with Crippen LogP contribution in [0.15, 0.2) is 83.8 Å². The van der Waals surface area contributed by atoms with Crippen LogP contribution in [0.3, 0.4) is 0 Å². The molecule has 4 aromatic rings. The van der Waals surface area contributed by atoms with Crippen LogP contribution in [0.2, 0.25) is 0 Å². The number of hydrogen-bond donors (Lipinski definition) is 0. The molecule has 4 nitrogen and oxygen atoms in total. The third-order valence-corrected chi connectivity index (χ3v) is 4.66. The fraction of sp³-hybridized carbons (Fsp3) is 0.0500. The molecule has 1 aromatic heterocycles. The third kappa shape index (κ3) is 4.21. The normalized spacial score (nSPS) is 11.1. The summed E-state index contributed by atoms with van der Waals surface area (Å²) in [5, 5.41) is 2.51. The highest BCUT2D eigenvalue weighted by Gasteiger charge is 2.03. The molecule has 0 spiro atoms. The molecule has 0 unspecified atom stereocenters. The molecule has 0 saturated heterocycles. The Hall–Kier alpha value is -2.76. The van der Waals surface area contributed by atoms with Crippen LogP contribution < -0.4 is 4.98 Å². The summed E-state index contributed by atoms with van der Waals surface area (Å²) in [5.74, 6) is 0. The third-order valence-electron chi connectivity index (χ3n) is 3.81. The number of pyridine rings is 1. The van der Waals surface area contributed by atoms with E-state index in [2.05, 4.69) is 47.4 Å². The number of aromatic amines is 1. The Kier molecular flexibility index (Phi) is 4.79. The molecule has 0 bridgehead atoms. The Morgan fingerprint density at radius 2 is 1.24 bits per heavy atom. The van der Waals surface area contributed by atoms with Crippen LogP contribution in [-0.2, 0) is 10.1 Å². The van der Waals surface area contributed by atoms with E-state index in [1.54, 1.807) is 12.1 Å². The van der Waals surface area contributed by atoms with E-state index in [1.165, 1.54) is 33.9 Å². The fourth-order valence-electron chi connectivity index (χ4n) is 2.49. The SMILES string of the molecule is Cc1ccc(S(=O)(=O)[O-])cc1.c1ccc2[nH+]c3ccccc3cc2c1. The molecule has 4 rings (SSSR count). The number of nitrogens with one attached hydrogen (secondary N) is 1.